The van der Waals surface area contributed by atoms with Crippen molar-refractivity contribution in [2.75, 3.05) is 23.8 Å². The van der Waals surface area contributed by atoms with Gasteiger partial charge < -0.3 is 5.32 Å². The van der Waals surface area contributed by atoms with Crippen LogP contribution in [0.3, 0.4) is 0 Å². The average Bonchev–Trinajstić information content (AvgIpc) is 2.52. The van der Waals surface area contributed by atoms with Gasteiger partial charge in [0.05, 0.1) is 11.5 Å². The SMILES string of the molecule is CCC(C)SCCNC1CCS(=O)(=O)C1. The highest BCUT2D eigenvalue weighted by atomic mass is 32.2. The molecule has 15 heavy (non-hydrogen) atoms. The van der Waals surface area contributed by atoms with E-state index in [2.05, 4.69) is 19.2 Å². The molecule has 1 aliphatic rings. The van der Waals surface area contributed by atoms with Crippen molar-refractivity contribution in [1.82, 2.24) is 5.32 Å². The van der Waals surface area contributed by atoms with E-state index in [0.29, 0.717) is 16.8 Å². The molecule has 90 valence electrons. The lowest BCUT2D eigenvalue weighted by Crippen LogP contribution is -2.32. The summed E-state index contributed by atoms with van der Waals surface area (Å²) >= 11 is 1.95. The predicted octanol–water partition coefficient (Wildman–Crippen LogP) is 1.29. The summed E-state index contributed by atoms with van der Waals surface area (Å²) in [4.78, 5) is 0. The summed E-state index contributed by atoms with van der Waals surface area (Å²) in [6, 6.07) is 0.201. The third-order valence-corrected chi connectivity index (χ3v) is 5.85. The van der Waals surface area contributed by atoms with E-state index >= 15 is 0 Å². The highest BCUT2D eigenvalue weighted by Crippen LogP contribution is 2.14. The third kappa shape index (κ3) is 5.22. The molecule has 1 heterocycles. The van der Waals surface area contributed by atoms with Crippen LogP contribution in [0.4, 0.5) is 0 Å². The van der Waals surface area contributed by atoms with E-state index in [-0.39, 0.29) is 6.04 Å². The van der Waals surface area contributed by atoms with Gasteiger partial charge in [0.25, 0.3) is 0 Å². The normalized spacial score (nSPS) is 26.7. The second-order valence-corrected chi connectivity index (χ2v) is 7.92. The molecule has 0 spiro atoms. The quantitative estimate of drug-likeness (QED) is 0.723. The van der Waals surface area contributed by atoms with Gasteiger partial charge in [0.15, 0.2) is 9.84 Å². The van der Waals surface area contributed by atoms with Gasteiger partial charge in [-0.25, -0.2) is 8.42 Å². The molecule has 2 unspecified atom stereocenters. The fourth-order valence-corrected chi connectivity index (χ4v) is 4.18. The molecule has 5 heteroatoms. The highest BCUT2D eigenvalue weighted by Gasteiger charge is 2.26. The van der Waals surface area contributed by atoms with E-state index in [0.717, 1.165) is 18.7 Å². The van der Waals surface area contributed by atoms with Crippen LogP contribution < -0.4 is 5.32 Å². The van der Waals surface area contributed by atoms with E-state index in [1.807, 2.05) is 11.8 Å². The maximum Gasteiger partial charge on any atom is 0.151 e. The first kappa shape index (κ1) is 13.3. The molecule has 1 N–H and O–H groups in total. The monoisotopic (exact) mass is 251 g/mol. The first-order valence-electron chi connectivity index (χ1n) is 5.59. The van der Waals surface area contributed by atoms with Gasteiger partial charge in [0.2, 0.25) is 0 Å². The molecular weight excluding hydrogens is 230 g/mol. The maximum absolute atomic E-state index is 11.2. The topological polar surface area (TPSA) is 46.2 Å². The van der Waals surface area contributed by atoms with Gasteiger partial charge in [-0.1, -0.05) is 13.8 Å². The second kappa shape index (κ2) is 6.11. The molecule has 1 aliphatic heterocycles. The van der Waals surface area contributed by atoms with Gasteiger partial charge in [-0.15, -0.1) is 0 Å². The fourth-order valence-electron chi connectivity index (χ4n) is 1.60. The molecular formula is C10H21NO2S2. The van der Waals surface area contributed by atoms with Gasteiger partial charge in [0.1, 0.15) is 0 Å². The van der Waals surface area contributed by atoms with Crippen molar-refractivity contribution in [2.24, 2.45) is 0 Å². The van der Waals surface area contributed by atoms with Crippen LogP contribution in [0.5, 0.6) is 0 Å². The zero-order valence-corrected chi connectivity index (χ0v) is 11.2. The Bertz CT molecular complexity index is 277. The molecule has 3 nitrogen and oxygen atoms in total. The van der Waals surface area contributed by atoms with E-state index in [1.165, 1.54) is 6.42 Å². The van der Waals surface area contributed by atoms with Crippen molar-refractivity contribution in [3.05, 3.63) is 0 Å². The number of thioether (sulfide) groups is 1. The van der Waals surface area contributed by atoms with E-state index in [4.69, 9.17) is 0 Å². The first-order chi connectivity index (χ1) is 7.03. The molecule has 0 amide bonds. The molecule has 0 aliphatic carbocycles. The molecule has 0 bridgehead atoms. The summed E-state index contributed by atoms with van der Waals surface area (Å²) in [6.07, 6.45) is 1.98. The number of rotatable bonds is 6. The van der Waals surface area contributed by atoms with Crippen LogP contribution >= 0.6 is 11.8 Å². The lowest BCUT2D eigenvalue weighted by atomic mass is 10.3. The molecule has 0 aromatic carbocycles. The lowest BCUT2D eigenvalue weighted by molar-refractivity contribution is 0.574. The van der Waals surface area contributed by atoms with Crippen LogP contribution in [0.1, 0.15) is 26.7 Å². The number of hydrogen-bond donors (Lipinski definition) is 1. The van der Waals surface area contributed by atoms with Gasteiger partial charge in [-0.2, -0.15) is 11.8 Å². The Hall–Kier alpha value is 0.260. The Morgan fingerprint density at radius 2 is 2.27 bits per heavy atom. The van der Waals surface area contributed by atoms with Crippen molar-refractivity contribution in [3.63, 3.8) is 0 Å². The van der Waals surface area contributed by atoms with Crippen molar-refractivity contribution >= 4 is 21.6 Å². The van der Waals surface area contributed by atoms with Crippen molar-refractivity contribution in [2.45, 2.75) is 38.0 Å². The Kier molecular flexibility index (Phi) is 5.43. The number of nitrogens with one attached hydrogen (secondary N) is 1. The molecule has 0 aromatic rings. The minimum atomic E-state index is -2.72. The van der Waals surface area contributed by atoms with Gasteiger partial charge in [0, 0.05) is 23.6 Å². The molecule has 2 atom stereocenters. The van der Waals surface area contributed by atoms with Crippen molar-refractivity contribution < 1.29 is 8.42 Å². The summed E-state index contributed by atoms with van der Waals surface area (Å²) in [7, 11) is -2.72. The van der Waals surface area contributed by atoms with E-state index in [9.17, 15) is 8.42 Å². The van der Waals surface area contributed by atoms with Crippen molar-refractivity contribution in [1.29, 1.82) is 0 Å². The number of hydrogen-bond acceptors (Lipinski definition) is 4. The zero-order chi connectivity index (χ0) is 11.3. The molecule has 0 aromatic heterocycles. The van der Waals surface area contributed by atoms with Crippen LogP contribution in [-0.2, 0) is 9.84 Å². The summed E-state index contributed by atoms with van der Waals surface area (Å²) in [5.41, 5.74) is 0. The van der Waals surface area contributed by atoms with Crippen LogP contribution in [0.25, 0.3) is 0 Å². The Morgan fingerprint density at radius 3 is 2.80 bits per heavy atom. The fraction of sp³-hybridized carbons (Fsp3) is 1.00. The highest BCUT2D eigenvalue weighted by molar-refractivity contribution is 7.99. The molecule has 1 saturated heterocycles. The van der Waals surface area contributed by atoms with Crippen LogP contribution in [0.2, 0.25) is 0 Å². The summed E-state index contributed by atoms with van der Waals surface area (Å²) in [6.45, 7) is 5.34. The summed E-state index contributed by atoms with van der Waals surface area (Å²) in [5, 5.41) is 4.02. The summed E-state index contributed by atoms with van der Waals surface area (Å²) in [5.74, 6) is 1.77. The molecule has 0 radical (unpaired) electrons. The Labute approximate surface area is 97.3 Å². The second-order valence-electron chi connectivity index (χ2n) is 4.14. The van der Waals surface area contributed by atoms with E-state index < -0.39 is 9.84 Å². The molecule has 0 saturated carbocycles. The predicted molar refractivity (Wildman–Crippen MR) is 67.3 cm³/mol. The average molecular weight is 251 g/mol. The largest absolute Gasteiger partial charge is 0.312 e. The first-order valence-corrected chi connectivity index (χ1v) is 8.46. The van der Waals surface area contributed by atoms with Crippen LogP contribution in [0, 0.1) is 0 Å². The van der Waals surface area contributed by atoms with Crippen molar-refractivity contribution in [3.8, 4) is 0 Å². The lowest BCUT2D eigenvalue weighted by Gasteiger charge is -2.12. The maximum atomic E-state index is 11.2. The molecule has 1 fully saturated rings. The minimum Gasteiger partial charge on any atom is -0.312 e. The van der Waals surface area contributed by atoms with Crippen LogP contribution in [0.15, 0.2) is 0 Å². The van der Waals surface area contributed by atoms with Gasteiger partial charge in [-0.05, 0) is 12.8 Å². The smallest absolute Gasteiger partial charge is 0.151 e. The van der Waals surface area contributed by atoms with Crippen LogP contribution in [-0.4, -0.2) is 43.5 Å². The van der Waals surface area contributed by atoms with Gasteiger partial charge in [-0.3, -0.25) is 0 Å². The molecule has 1 rings (SSSR count). The van der Waals surface area contributed by atoms with Gasteiger partial charge >= 0.3 is 0 Å². The Morgan fingerprint density at radius 1 is 1.53 bits per heavy atom. The zero-order valence-electron chi connectivity index (χ0n) is 9.53. The summed E-state index contributed by atoms with van der Waals surface area (Å²) < 4.78 is 22.4. The Balaban J connectivity index is 2.07. The minimum absolute atomic E-state index is 0.201. The number of sulfone groups is 1. The third-order valence-electron chi connectivity index (χ3n) is 2.74. The standard InChI is InChI=1S/C10H21NO2S2/c1-3-9(2)14-6-5-11-10-4-7-15(12,13)8-10/h9-11H,3-8H2,1-2H3. The van der Waals surface area contributed by atoms with E-state index in [1.54, 1.807) is 0 Å².